The Morgan fingerprint density at radius 3 is 2.72 bits per heavy atom. The number of likely N-dealkylation sites (tertiary alicyclic amines) is 1. The first-order valence-corrected chi connectivity index (χ1v) is 8.03. The molecule has 8 heteroatoms. The number of hydrogen-bond donors (Lipinski definition) is 0. The highest BCUT2D eigenvalue weighted by Gasteiger charge is 2.29. The molecule has 1 unspecified atom stereocenters. The second kappa shape index (κ2) is 7.33. The summed E-state index contributed by atoms with van der Waals surface area (Å²) in [6.07, 6.45) is 5.40. The van der Waals surface area contributed by atoms with Crippen LogP contribution in [0.2, 0.25) is 0 Å². The van der Waals surface area contributed by atoms with Gasteiger partial charge in [-0.05, 0) is 6.07 Å². The van der Waals surface area contributed by atoms with Crippen molar-refractivity contribution in [1.29, 1.82) is 0 Å². The Bertz CT molecular complexity index is 735. The van der Waals surface area contributed by atoms with Crippen molar-refractivity contribution in [2.75, 3.05) is 39.2 Å². The maximum atomic E-state index is 12.6. The Kier molecular flexibility index (Phi) is 4.97. The normalized spacial score (nSPS) is 16.6. The lowest BCUT2D eigenvalue weighted by molar-refractivity contribution is 0.0771. The fraction of sp³-hybridized carbons (Fsp3) is 0.412. The van der Waals surface area contributed by atoms with Crippen molar-refractivity contribution in [2.24, 2.45) is 0 Å². The van der Waals surface area contributed by atoms with Crippen LogP contribution in [0.25, 0.3) is 0 Å². The quantitative estimate of drug-likeness (QED) is 0.808. The molecule has 3 heterocycles. The van der Waals surface area contributed by atoms with Gasteiger partial charge in [0.05, 0.1) is 19.2 Å². The van der Waals surface area contributed by atoms with Crippen LogP contribution in [0.15, 0.2) is 30.7 Å². The second-order valence-electron chi connectivity index (χ2n) is 5.95. The van der Waals surface area contributed by atoms with Crippen LogP contribution in [0.5, 0.6) is 11.8 Å². The number of carbonyl (C=O) groups excluding carboxylic acids is 1. The zero-order valence-electron chi connectivity index (χ0n) is 14.5. The smallest absolute Gasteiger partial charge is 0.257 e. The summed E-state index contributed by atoms with van der Waals surface area (Å²) in [5.74, 6) is 1.58. The minimum Gasteiger partial charge on any atom is -0.481 e. The third-order valence-electron chi connectivity index (χ3n) is 3.97. The van der Waals surface area contributed by atoms with Gasteiger partial charge in [0.1, 0.15) is 6.10 Å². The largest absolute Gasteiger partial charge is 0.481 e. The standard InChI is InChI=1S/C17H21N5O3/c1-21(2)15-16(19-8-7-18-15)25-13-6-9-22(11-13)17(23)12-4-5-14(24-3)20-10-12/h4-5,7-8,10,13H,6,9,11H2,1-3H3. The molecule has 0 bridgehead atoms. The molecule has 1 fully saturated rings. The Labute approximate surface area is 146 Å². The minimum absolute atomic E-state index is 0.0618. The number of rotatable bonds is 5. The Morgan fingerprint density at radius 1 is 1.24 bits per heavy atom. The Morgan fingerprint density at radius 2 is 2.04 bits per heavy atom. The summed E-state index contributed by atoms with van der Waals surface area (Å²) in [5, 5.41) is 0. The molecule has 1 amide bonds. The molecule has 1 aliphatic rings. The molecule has 0 radical (unpaired) electrons. The van der Waals surface area contributed by atoms with Gasteiger partial charge in [0, 0.05) is 51.7 Å². The first-order chi connectivity index (χ1) is 12.1. The molecule has 25 heavy (non-hydrogen) atoms. The van der Waals surface area contributed by atoms with Gasteiger partial charge in [-0.25, -0.2) is 15.0 Å². The number of nitrogens with zero attached hydrogens (tertiary/aromatic N) is 5. The molecule has 0 aliphatic carbocycles. The van der Waals surface area contributed by atoms with E-state index in [1.165, 1.54) is 6.20 Å². The summed E-state index contributed by atoms with van der Waals surface area (Å²) in [6.45, 7) is 1.14. The van der Waals surface area contributed by atoms with Crippen LogP contribution >= 0.6 is 0 Å². The molecular weight excluding hydrogens is 322 g/mol. The molecule has 0 aromatic carbocycles. The van der Waals surface area contributed by atoms with Crippen LogP contribution < -0.4 is 14.4 Å². The summed E-state index contributed by atoms with van der Waals surface area (Å²) in [6, 6.07) is 3.40. The average Bonchev–Trinajstić information content (AvgIpc) is 3.10. The highest BCUT2D eigenvalue weighted by atomic mass is 16.5. The van der Waals surface area contributed by atoms with Crippen molar-refractivity contribution in [3.63, 3.8) is 0 Å². The summed E-state index contributed by atoms with van der Waals surface area (Å²) in [4.78, 5) is 28.8. The average molecular weight is 343 g/mol. The highest BCUT2D eigenvalue weighted by Crippen LogP contribution is 2.24. The predicted octanol–water partition coefficient (Wildman–Crippen LogP) is 1.24. The van der Waals surface area contributed by atoms with E-state index < -0.39 is 0 Å². The van der Waals surface area contributed by atoms with Crippen molar-refractivity contribution in [3.8, 4) is 11.8 Å². The van der Waals surface area contributed by atoms with Gasteiger partial charge in [0.25, 0.3) is 11.8 Å². The molecule has 0 spiro atoms. The van der Waals surface area contributed by atoms with E-state index in [-0.39, 0.29) is 12.0 Å². The Hall–Kier alpha value is -2.90. The fourth-order valence-electron chi connectivity index (χ4n) is 2.68. The first kappa shape index (κ1) is 16.9. The van der Waals surface area contributed by atoms with Gasteiger partial charge in [0.2, 0.25) is 5.88 Å². The molecule has 1 saturated heterocycles. The van der Waals surface area contributed by atoms with E-state index in [9.17, 15) is 4.79 Å². The van der Waals surface area contributed by atoms with E-state index in [1.807, 2.05) is 19.0 Å². The molecule has 1 atom stereocenters. The molecule has 8 nitrogen and oxygen atoms in total. The number of anilines is 1. The van der Waals surface area contributed by atoms with Gasteiger partial charge in [0.15, 0.2) is 5.82 Å². The number of hydrogen-bond acceptors (Lipinski definition) is 7. The van der Waals surface area contributed by atoms with Crippen LogP contribution in [0.1, 0.15) is 16.8 Å². The maximum Gasteiger partial charge on any atom is 0.257 e. The van der Waals surface area contributed by atoms with E-state index in [0.29, 0.717) is 36.2 Å². The van der Waals surface area contributed by atoms with Gasteiger partial charge in [-0.15, -0.1) is 0 Å². The molecule has 3 rings (SSSR count). The zero-order valence-corrected chi connectivity index (χ0v) is 14.5. The third kappa shape index (κ3) is 3.78. The van der Waals surface area contributed by atoms with E-state index >= 15 is 0 Å². The summed E-state index contributed by atoms with van der Waals surface area (Å²) >= 11 is 0. The number of ether oxygens (including phenoxy) is 2. The molecular formula is C17H21N5O3. The lowest BCUT2D eigenvalue weighted by Gasteiger charge is -2.19. The lowest BCUT2D eigenvalue weighted by Crippen LogP contribution is -2.31. The zero-order chi connectivity index (χ0) is 17.8. The highest BCUT2D eigenvalue weighted by molar-refractivity contribution is 5.94. The molecule has 132 valence electrons. The SMILES string of the molecule is COc1ccc(C(=O)N2CCC(Oc3nccnc3N(C)C)C2)cn1. The summed E-state index contributed by atoms with van der Waals surface area (Å²) in [7, 11) is 5.32. The van der Waals surface area contributed by atoms with Crippen molar-refractivity contribution >= 4 is 11.7 Å². The van der Waals surface area contributed by atoms with E-state index in [0.717, 1.165) is 6.42 Å². The number of pyridine rings is 1. The predicted molar refractivity (Wildman–Crippen MR) is 92.1 cm³/mol. The lowest BCUT2D eigenvalue weighted by atomic mass is 10.2. The Balaban J connectivity index is 1.64. The van der Waals surface area contributed by atoms with E-state index in [4.69, 9.17) is 9.47 Å². The first-order valence-electron chi connectivity index (χ1n) is 8.03. The van der Waals surface area contributed by atoms with Gasteiger partial charge in [-0.3, -0.25) is 4.79 Å². The molecule has 0 saturated carbocycles. The van der Waals surface area contributed by atoms with Crippen LogP contribution in [0.3, 0.4) is 0 Å². The summed E-state index contributed by atoms with van der Waals surface area (Å²) in [5.41, 5.74) is 0.537. The third-order valence-corrected chi connectivity index (χ3v) is 3.97. The van der Waals surface area contributed by atoms with Gasteiger partial charge >= 0.3 is 0 Å². The molecule has 1 aliphatic heterocycles. The van der Waals surface area contributed by atoms with E-state index in [2.05, 4.69) is 15.0 Å². The number of amides is 1. The molecule has 0 N–H and O–H groups in total. The van der Waals surface area contributed by atoms with Crippen molar-refractivity contribution in [1.82, 2.24) is 19.9 Å². The molecule has 2 aromatic rings. The van der Waals surface area contributed by atoms with Gasteiger partial charge < -0.3 is 19.3 Å². The van der Waals surface area contributed by atoms with E-state index in [1.54, 1.807) is 36.5 Å². The second-order valence-corrected chi connectivity index (χ2v) is 5.95. The number of methoxy groups -OCH3 is 1. The van der Waals surface area contributed by atoms with Crippen molar-refractivity contribution in [3.05, 3.63) is 36.3 Å². The number of carbonyl (C=O) groups is 1. The van der Waals surface area contributed by atoms with Crippen molar-refractivity contribution in [2.45, 2.75) is 12.5 Å². The van der Waals surface area contributed by atoms with Gasteiger partial charge in [-0.1, -0.05) is 0 Å². The topological polar surface area (TPSA) is 80.7 Å². The summed E-state index contributed by atoms with van der Waals surface area (Å²) < 4.78 is 11.0. The monoisotopic (exact) mass is 343 g/mol. The van der Waals surface area contributed by atoms with Crippen LogP contribution in [-0.4, -0.2) is 66.2 Å². The van der Waals surface area contributed by atoms with Crippen molar-refractivity contribution < 1.29 is 14.3 Å². The van der Waals surface area contributed by atoms with Gasteiger partial charge in [-0.2, -0.15) is 0 Å². The van der Waals surface area contributed by atoms with Crippen LogP contribution in [0.4, 0.5) is 5.82 Å². The fourth-order valence-corrected chi connectivity index (χ4v) is 2.68. The number of aromatic nitrogens is 3. The van der Waals surface area contributed by atoms with Crippen LogP contribution in [0, 0.1) is 0 Å². The van der Waals surface area contributed by atoms with Crippen LogP contribution in [-0.2, 0) is 0 Å². The minimum atomic E-state index is -0.106. The molecule has 2 aromatic heterocycles. The maximum absolute atomic E-state index is 12.6.